The third-order valence-electron chi connectivity index (χ3n) is 5.66. The molecule has 2 N–H and O–H groups in total. The molecule has 7 heteroatoms. The van der Waals surface area contributed by atoms with Crippen molar-refractivity contribution in [3.8, 4) is 23.5 Å². The number of carbonyl (C=O) groups excluding carboxylic acids is 2. The van der Waals surface area contributed by atoms with Gasteiger partial charge in [0.1, 0.15) is 12.6 Å². The lowest BCUT2D eigenvalue weighted by molar-refractivity contribution is -0.139. The Morgan fingerprint density at radius 3 is 2.24 bits per heavy atom. The van der Waals surface area contributed by atoms with Crippen molar-refractivity contribution < 1.29 is 24.2 Å². The summed E-state index contributed by atoms with van der Waals surface area (Å²) in [5.41, 5.74) is 4.42. The van der Waals surface area contributed by atoms with Crippen molar-refractivity contribution in [1.29, 1.82) is 0 Å². The molecular weight excluding hydrogens is 420 g/mol. The normalized spacial score (nSPS) is 12.7. The zero-order valence-corrected chi connectivity index (χ0v) is 18.6. The van der Waals surface area contributed by atoms with Crippen LogP contribution >= 0.6 is 0 Å². The van der Waals surface area contributed by atoms with Gasteiger partial charge >= 0.3 is 12.1 Å². The van der Waals surface area contributed by atoms with Crippen molar-refractivity contribution in [2.75, 3.05) is 19.7 Å². The first-order valence-electron chi connectivity index (χ1n) is 11.0. The molecule has 0 saturated heterocycles. The van der Waals surface area contributed by atoms with Gasteiger partial charge in [-0.25, -0.2) is 4.79 Å². The first-order valence-corrected chi connectivity index (χ1v) is 11.0. The van der Waals surface area contributed by atoms with Gasteiger partial charge in [-0.2, -0.15) is 0 Å². The van der Waals surface area contributed by atoms with Crippen molar-refractivity contribution in [3.05, 3.63) is 59.7 Å². The number of carboxylic acids is 1. The number of benzene rings is 2. The third-order valence-corrected chi connectivity index (χ3v) is 5.66. The first kappa shape index (κ1) is 23.9. The Bertz CT molecular complexity index is 1010. The minimum absolute atomic E-state index is 0.0175. The number of carbonyl (C=O) groups is 3. The van der Waals surface area contributed by atoms with Crippen LogP contribution in [0.4, 0.5) is 4.79 Å². The SMILES string of the molecule is C#CCC(NC(=O)OCC1c2ccccc2-c2ccccc21)C(=O)N(CCC)CCC(=O)O. The molecule has 7 nitrogen and oxygen atoms in total. The Morgan fingerprint density at radius 2 is 1.70 bits per heavy atom. The molecule has 0 aromatic heterocycles. The lowest BCUT2D eigenvalue weighted by Gasteiger charge is -2.26. The maximum absolute atomic E-state index is 12.9. The van der Waals surface area contributed by atoms with Crippen LogP contribution in [0, 0.1) is 12.3 Å². The summed E-state index contributed by atoms with van der Waals surface area (Å²) in [6, 6.07) is 15.0. The third kappa shape index (κ3) is 5.72. The van der Waals surface area contributed by atoms with Gasteiger partial charge < -0.3 is 20.1 Å². The smallest absolute Gasteiger partial charge is 0.407 e. The second-order valence-electron chi connectivity index (χ2n) is 7.90. The van der Waals surface area contributed by atoms with Crippen LogP contribution in [-0.4, -0.2) is 53.7 Å². The highest BCUT2D eigenvalue weighted by molar-refractivity contribution is 5.86. The molecule has 0 radical (unpaired) electrons. The van der Waals surface area contributed by atoms with E-state index < -0.39 is 24.0 Å². The summed E-state index contributed by atoms with van der Waals surface area (Å²) in [5.74, 6) is 0.894. The van der Waals surface area contributed by atoms with Crippen molar-refractivity contribution in [3.63, 3.8) is 0 Å². The largest absolute Gasteiger partial charge is 0.481 e. The molecule has 0 fully saturated rings. The maximum atomic E-state index is 12.9. The van der Waals surface area contributed by atoms with E-state index in [1.165, 1.54) is 4.90 Å². The number of hydrogen-bond acceptors (Lipinski definition) is 4. The average molecular weight is 449 g/mol. The minimum atomic E-state index is -0.998. The van der Waals surface area contributed by atoms with Gasteiger partial charge in [0.2, 0.25) is 5.91 Å². The van der Waals surface area contributed by atoms with Gasteiger partial charge in [0.05, 0.1) is 6.42 Å². The average Bonchev–Trinajstić information content (AvgIpc) is 3.13. The van der Waals surface area contributed by atoms with E-state index in [0.717, 1.165) is 22.3 Å². The van der Waals surface area contributed by atoms with E-state index in [9.17, 15) is 14.4 Å². The van der Waals surface area contributed by atoms with E-state index in [2.05, 4.69) is 23.4 Å². The van der Waals surface area contributed by atoms with E-state index in [1.54, 1.807) is 0 Å². The summed E-state index contributed by atoms with van der Waals surface area (Å²) in [6.45, 7) is 2.43. The number of nitrogens with one attached hydrogen (secondary N) is 1. The summed E-state index contributed by atoms with van der Waals surface area (Å²) in [5, 5.41) is 11.5. The first-order chi connectivity index (χ1) is 16.0. The van der Waals surface area contributed by atoms with E-state index >= 15 is 0 Å². The summed E-state index contributed by atoms with van der Waals surface area (Å²) in [6.07, 6.45) is 5.13. The van der Waals surface area contributed by atoms with Gasteiger partial charge in [-0.05, 0) is 28.7 Å². The fraction of sp³-hybridized carbons (Fsp3) is 0.346. The van der Waals surface area contributed by atoms with E-state index in [4.69, 9.17) is 16.3 Å². The predicted molar refractivity (Wildman–Crippen MR) is 125 cm³/mol. The highest BCUT2D eigenvalue weighted by Gasteiger charge is 2.30. The van der Waals surface area contributed by atoms with Crippen molar-refractivity contribution in [1.82, 2.24) is 10.2 Å². The number of alkyl carbamates (subject to hydrolysis) is 1. The summed E-state index contributed by atoms with van der Waals surface area (Å²) in [4.78, 5) is 37.9. The van der Waals surface area contributed by atoms with Crippen LogP contribution < -0.4 is 5.32 Å². The minimum Gasteiger partial charge on any atom is -0.481 e. The van der Waals surface area contributed by atoms with Crippen molar-refractivity contribution in [2.24, 2.45) is 0 Å². The van der Waals surface area contributed by atoms with Gasteiger partial charge in [0.15, 0.2) is 0 Å². The second-order valence-corrected chi connectivity index (χ2v) is 7.90. The van der Waals surface area contributed by atoms with Gasteiger partial charge in [-0.15, -0.1) is 12.3 Å². The number of nitrogens with zero attached hydrogens (tertiary/aromatic N) is 1. The number of amides is 2. The lowest BCUT2D eigenvalue weighted by Crippen LogP contribution is -2.49. The summed E-state index contributed by atoms with van der Waals surface area (Å²) >= 11 is 0. The van der Waals surface area contributed by atoms with Gasteiger partial charge in [-0.3, -0.25) is 9.59 Å². The molecule has 2 amide bonds. The zero-order chi connectivity index (χ0) is 23.8. The lowest BCUT2D eigenvalue weighted by atomic mass is 9.98. The standard InChI is InChI=1S/C26H28N2O5/c1-3-9-23(25(31)28(15-4-2)16-14-24(29)30)27-26(32)33-17-22-20-12-7-5-10-18(20)19-11-6-8-13-21(19)22/h1,5-8,10-13,22-23H,4,9,14-17H2,2H3,(H,27,32)(H,29,30). The van der Waals surface area contributed by atoms with Crippen LogP contribution in [0.15, 0.2) is 48.5 Å². The Balaban J connectivity index is 1.66. The Hall–Kier alpha value is -3.79. The molecule has 2 aromatic carbocycles. The molecule has 0 aliphatic heterocycles. The monoisotopic (exact) mass is 448 g/mol. The zero-order valence-electron chi connectivity index (χ0n) is 18.6. The number of hydrogen-bond donors (Lipinski definition) is 2. The molecule has 33 heavy (non-hydrogen) atoms. The number of aliphatic carboxylic acids is 1. The number of rotatable bonds is 10. The molecule has 0 bridgehead atoms. The molecule has 3 rings (SSSR count). The van der Waals surface area contributed by atoms with E-state index in [0.29, 0.717) is 13.0 Å². The molecule has 0 saturated carbocycles. The quantitative estimate of drug-likeness (QED) is 0.541. The molecule has 1 atom stereocenters. The summed E-state index contributed by atoms with van der Waals surface area (Å²) < 4.78 is 5.52. The topological polar surface area (TPSA) is 95.9 Å². The molecule has 0 spiro atoms. The van der Waals surface area contributed by atoms with Gasteiger partial charge in [0, 0.05) is 25.4 Å². The molecule has 0 heterocycles. The molecule has 2 aromatic rings. The van der Waals surface area contributed by atoms with E-state index in [1.807, 2.05) is 43.3 Å². The maximum Gasteiger partial charge on any atom is 0.407 e. The summed E-state index contributed by atoms with van der Waals surface area (Å²) in [7, 11) is 0. The van der Waals surface area contributed by atoms with Crippen LogP contribution in [0.5, 0.6) is 0 Å². The molecule has 172 valence electrons. The predicted octanol–water partition coefficient (Wildman–Crippen LogP) is 3.63. The van der Waals surface area contributed by atoms with Gasteiger partial charge in [0.25, 0.3) is 0 Å². The van der Waals surface area contributed by atoms with Crippen LogP contribution in [-0.2, 0) is 14.3 Å². The number of fused-ring (bicyclic) bond motifs is 3. The Morgan fingerprint density at radius 1 is 1.09 bits per heavy atom. The molecule has 1 aliphatic rings. The fourth-order valence-electron chi connectivity index (χ4n) is 4.15. The molecular formula is C26H28N2O5. The van der Waals surface area contributed by atoms with Crippen LogP contribution in [0.25, 0.3) is 11.1 Å². The Kier molecular flexibility index (Phi) is 8.09. The molecule has 1 aliphatic carbocycles. The number of carboxylic acid groups (broad SMARTS) is 1. The van der Waals surface area contributed by atoms with Crippen molar-refractivity contribution in [2.45, 2.75) is 38.1 Å². The van der Waals surface area contributed by atoms with Gasteiger partial charge in [-0.1, -0.05) is 55.5 Å². The van der Waals surface area contributed by atoms with E-state index in [-0.39, 0.29) is 31.9 Å². The Labute approximate surface area is 193 Å². The van der Waals surface area contributed by atoms with Crippen molar-refractivity contribution >= 4 is 18.0 Å². The number of ether oxygens (including phenoxy) is 1. The van der Waals surface area contributed by atoms with Crippen LogP contribution in [0.1, 0.15) is 43.2 Å². The fourth-order valence-corrected chi connectivity index (χ4v) is 4.15. The van der Waals surface area contributed by atoms with Crippen LogP contribution in [0.3, 0.4) is 0 Å². The molecule has 1 unspecified atom stereocenters. The highest BCUT2D eigenvalue weighted by Crippen LogP contribution is 2.44. The highest BCUT2D eigenvalue weighted by atomic mass is 16.5. The second kappa shape index (κ2) is 11.2. The van der Waals surface area contributed by atoms with Crippen LogP contribution in [0.2, 0.25) is 0 Å². The number of terminal acetylenes is 1.